The van der Waals surface area contributed by atoms with Gasteiger partial charge in [-0.05, 0) is 98.9 Å². The van der Waals surface area contributed by atoms with Gasteiger partial charge >= 0.3 is 0 Å². The molecule has 4 aromatic rings. The Morgan fingerprint density at radius 2 is 1.38 bits per heavy atom. The van der Waals surface area contributed by atoms with Gasteiger partial charge in [-0.3, -0.25) is 0 Å². The standard InChI is InChI=1S/C29H29BrS2/c1-2-3-4-5-6-7-8-20-9-11-24-22(17-20)19-23-18-21(10-12-25(23)24)26-13-14-27(31-26)28-15-16-29(30)32-28/h9-18H,2-8,19H2,1H3. The predicted octanol–water partition coefficient (Wildman–Crippen LogP) is 10.4. The molecular formula is C29H29BrS2. The lowest BCUT2D eigenvalue weighted by Gasteiger charge is -2.06. The second-order valence-electron chi connectivity index (χ2n) is 8.83. The third kappa shape index (κ3) is 4.81. The Morgan fingerprint density at radius 1 is 0.688 bits per heavy atom. The van der Waals surface area contributed by atoms with Crippen LogP contribution < -0.4 is 0 Å². The van der Waals surface area contributed by atoms with Crippen molar-refractivity contribution >= 4 is 38.6 Å². The van der Waals surface area contributed by atoms with Crippen LogP contribution >= 0.6 is 38.6 Å². The first-order valence-electron chi connectivity index (χ1n) is 11.8. The Labute approximate surface area is 208 Å². The first kappa shape index (κ1) is 22.1. The zero-order valence-electron chi connectivity index (χ0n) is 18.6. The van der Waals surface area contributed by atoms with E-state index in [9.17, 15) is 0 Å². The van der Waals surface area contributed by atoms with Crippen molar-refractivity contribution in [3.05, 3.63) is 81.1 Å². The van der Waals surface area contributed by atoms with Crippen molar-refractivity contribution in [3.63, 3.8) is 0 Å². The van der Waals surface area contributed by atoms with Crippen LogP contribution in [0.2, 0.25) is 0 Å². The Hall–Kier alpha value is -1.68. The molecule has 0 aliphatic heterocycles. The van der Waals surface area contributed by atoms with Crippen molar-refractivity contribution in [2.24, 2.45) is 0 Å². The summed E-state index contributed by atoms with van der Waals surface area (Å²) in [5.41, 5.74) is 8.70. The molecule has 0 unspecified atom stereocenters. The zero-order valence-corrected chi connectivity index (χ0v) is 21.8. The number of unbranched alkanes of at least 4 members (excludes halogenated alkanes) is 5. The van der Waals surface area contributed by atoms with E-state index in [2.05, 4.69) is 83.5 Å². The van der Waals surface area contributed by atoms with Crippen LogP contribution in [0.15, 0.2) is 64.5 Å². The third-order valence-electron chi connectivity index (χ3n) is 6.47. The molecular weight excluding hydrogens is 492 g/mol. The quantitative estimate of drug-likeness (QED) is 0.169. The molecule has 0 spiro atoms. The summed E-state index contributed by atoms with van der Waals surface area (Å²) in [6, 6.07) is 23.1. The van der Waals surface area contributed by atoms with Crippen LogP contribution in [0.5, 0.6) is 0 Å². The topological polar surface area (TPSA) is 0 Å². The third-order valence-corrected chi connectivity index (χ3v) is 9.43. The first-order chi connectivity index (χ1) is 15.7. The van der Waals surface area contributed by atoms with E-state index in [1.807, 2.05) is 11.3 Å². The van der Waals surface area contributed by atoms with Gasteiger partial charge in [-0.1, -0.05) is 69.4 Å². The molecule has 2 aromatic carbocycles. The molecule has 1 aliphatic rings. The minimum atomic E-state index is 1.07. The molecule has 0 amide bonds. The summed E-state index contributed by atoms with van der Waals surface area (Å²) >= 11 is 7.27. The second-order valence-corrected chi connectivity index (χ2v) is 12.4. The molecule has 0 saturated heterocycles. The molecule has 1 aliphatic carbocycles. The molecule has 0 saturated carbocycles. The van der Waals surface area contributed by atoms with Crippen LogP contribution in [-0.2, 0) is 12.8 Å². The van der Waals surface area contributed by atoms with E-state index in [1.54, 1.807) is 11.3 Å². The molecule has 0 atom stereocenters. The molecule has 32 heavy (non-hydrogen) atoms. The van der Waals surface area contributed by atoms with Gasteiger partial charge in [0.2, 0.25) is 0 Å². The Morgan fingerprint density at radius 3 is 2.19 bits per heavy atom. The average molecular weight is 522 g/mol. The summed E-state index contributed by atoms with van der Waals surface area (Å²) in [5, 5.41) is 0. The van der Waals surface area contributed by atoms with Gasteiger partial charge in [0.15, 0.2) is 0 Å². The lowest BCUT2D eigenvalue weighted by Crippen LogP contribution is -1.89. The molecule has 164 valence electrons. The van der Waals surface area contributed by atoms with Gasteiger partial charge in [0.1, 0.15) is 0 Å². The number of benzene rings is 2. The lowest BCUT2D eigenvalue weighted by atomic mass is 9.99. The molecule has 0 nitrogen and oxygen atoms in total. The maximum absolute atomic E-state index is 3.58. The number of fused-ring (bicyclic) bond motifs is 3. The number of hydrogen-bond donors (Lipinski definition) is 0. The van der Waals surface area contributed by atoms with Crippen molar-refractivity contribution in [2.45, 2.75) is 58.3 Å². The molecule has 2 heterocycles. The maximum Gasteiger partial charge on any atom is 0.0705 e. The SMILES string of the molecule is CCCCCCCCc1ccc2c(c1)Cc1cc(-c3ccc(-c4ccc(Br)s4)s3)ccc1-2. The van der Waals surface area contributed by atoms with Crippen LogP contribution in [0.3, 0.4) is 0 Å². The molecule has 0 bridgehead atoms. The number of aryl methyl sites for hydroxylation is 1. The Bertz CT molecular complexity index is 1210. The van der Waals surface area contributed by atoms with Crippen molar-refractivity contribution in [1.29, 1.82) is 0 Å². The van der Waals surface area contributed by atoms with Crippen molar-refractivity contribution in [1.82, 2.24) is 0 Å². The largest absolute Gasteiger partial charge is 0.134 e. The fraction of sp³-hybridized carbons (Fsp3) is 0.310. The number of hydrogen-bond acceptors (Lipinski definition) is 2. The highest BCUT2D eigenvalue weighted by molar-refractivity contribution is 9.11. The molecule has 5 rings (SSSR count). The molecule has 0 N–H and O–H groups in total. The van der Waals surface area contributed by atoms with E-state index in [-0.39, 0.29) is 0 Å². The van der Waals surface area contributed by atoms with Crippen LogP contribution in [0.4, 0.5) is 0 Å². The van der Waals surface area contributed by atoms with E-state index in [1.165, 1.54) is 96.7 Å². The van der Waals surface area contributed by atoms with E-state index >= 15 is 0 Å². The highest BCUT2D eigenvalue weighted by atomic mass is 79.9. The highest BCUT2D eigenvalue weighted by Gasteiger charge is 2.19. The van der Waals surface area contributed by atoms with Gasteiger partial charge < -0.3 is 0 Å². The normalized spacial score (nSPS) is 12.2. The minimum absolute atomic E-state index is 1.07. The number of thiophene rings is 2. The summed E-state index contributed by atoms with van der Waals surface area (Å²) in [5.74, 6) is 0. The van der Waals surface area contributed by atoms with Crippen LogP contribution in [-0.4, -0.2) is 0 Å². The van der Waals surface area contributed by atoms with Crippen LogP contribution in [0, 0.1) is 0 Å². The van der Waals surface area contributed by atoms with E-state index < -0.39 is 0 Å². The first-order valence-corrected chi connectivity index (χ1v) is 14.2. The van der Waals surface area contributed by atoms with E-state index in [0.717, 1.165) is 6.42 Å². The summed E-state index contributed by atoms with van der Waals surface area (Å²) in [6.07, 6.45) is 10.5. The van der Waals surface area contributed by atoms with E-state index in [4.69, 9.17) is 0 Å². The predicted molar refractivity (Wildman–Crippen MR) is 146 cm³/mol. The van der Waals surface area contributed by atoms with E-state index in [0.29, 0.717) is 0 Å². The molecule has 3 heteroatoms. The average Bonchev–Trinajstić information content (AvgIpc) is 3.53. The molecule has 0 radical (unpaired) electrons. The monoisotopic (exact) mass is 520 g/mol. The smallest absolute Gasteiger partial charge is 0.0705 e. The fourth-order valence-electron chi connectivity index (χ4n) is 4.75. The summed E-state index contributed by atoms with van der Waals surface area (Å²) in [4.78, 5) is 4.03. The number of halogens is 1. The molecule has 0 fully saturated rings. The fourth-order valence-corrected chi connectivity index (χ4v) is 7.23. The van der Waals surface area contributed by atoms with Gasteiger partial charge in [0, 0.05) is 14.6 Å². The van der Waals surface area contributed by atoms with Crippen LogP contribution in [0.25, 0.3) is 31.3 Å². The van der Waals surface area contributed by atoms with Crippen molar-refractivity contribution in [3.8, 4) is 31.3 Å². The minimum Gasteiger partial charge on any atom is -0.134 e. The summed E-state index contributed by atoms with van der Waals surface area (Å²) < 4.78 is 1.19. The summed E-state index contributed by atoms with van der Waals surface area (Å²) in [7, 11) is 0. The van der Waals surface area contributed by atoms with Crippen molar-refractivity contribution in [2.75, 3.05) is 0 Å². The highest BCUT2D eigenvalue weighted by Crippen LogP contribution is 2.42. The lowest BCUT2D eigenvalue weighted by molar-refractivity contribution is 0.607. The Kier molecular flexibility index (Phi) is 6.96. The van der Waals surface area contributed by atoms with Crippen LogP contribution in [0.1, 0.15) is 62.1 Å². The Balaban J connectivity index is 1.28. The zero-order chi connectivity index (χ0) is 21.9. The second kappa shape index (κ2) is 10.1. The van der Waals surface area contributed by atoms with Gasteiger partial charge in [0.05, 0.1) is 3.79 Å². The van der Waals surface area contributed by atoms with Gasteiger partial charge in [0.25, 0.3) is 0 Å². The maximum atomic E-state index is 3.58. The van der Waals surface area contributed by atoms with Gasteiger partial charge in [-0.2, -0.15) is 0 Å². The number of rotatable bonds is 9. The van der Waals surface area contributed by atoms with Gasteiger partial charge in [-0.25, -0.2) is 0 Å². The van der Waals surface area contributed by atoms with Crippen molar-refractivity contribution < 1.29 is 0 Å². The summed E-state index contributed by atoms with van der Waals surface area (Å²) in [6.45, 7) is 2.29. The van der Waals surface area contributed by atoms with Gasteiger partial charge in [-0.15, -0.1) is 22.7 Å². The molecule has 2 aromatic heterocycles.